The standard InChI is InChI=1S/C36H16O8S8/c37-33(38)21-5-1-17(45-21)25-9-13-14-10-26(18-2-6-22(46-18)34(39)40)51-31(14)32-16(12-28(52-32)20-4-8-24(48-20)36(43)44)15-11-27(50-30(15)29(13)49-25)19-3-7-23(47-19)35(41)42/h1-12H,(H,37,38)(H,39,40)(H,41,42)(H,43,44). The summed E-state index contributed by atoms with van der Waals surface area (Å²) in [5.41, 5.74) is 3.81. The molecule has 0 amide bonds. The molecule has 9 rings (SSSR count). The van der Waals surface area contributed by atoms with Gasteiger partial charge >= 0.3 is 23.9 Å². The lowest BCUT2D eigenvalue weighted by Crippen LogP contribution is -1.89. The molecule has 0 bridgehead atoms. The van der Waals surface area contributed by atoms with E-state index in [-0.39, 0.29) is 19.5 Å². The molecule has 16 heteroatoms. The zero-order chi connectivity index (χ0) is 36.0. The van der Waals surface area contributed by atoms with Crippen molar-refractivity contribution in [2.75, 3.05) is 0 Å². The lowest BCUT2D eigenvalue weighted by Gasteiger charge is -2.12. The van der Waals surface area contributed by atoms with Gasteiger partial charge in [0.1, 0.15) is 19.5 Å². The first-order chi connectivity index (χ1) is 25.0. The highest BCUT2D eigenvalue weighted by atomic mass is 32.1. The maximum atomic E-state index is 11.8. The molecular formula is C36H16O8S8. The Bertz CT molecular complexity index is 2300. The van der Waals surface area contributed by atoms with Crippen LogP contribution in [0.1, 0.15) is 38.7 Å². The average Bonchev–Trinajstić information content (AvgIpc) is 3.96. The molecule has 0 saturated heterocycles. The highest BCUT2D eigenvalue weighted by Crippen LogP contribution is 2.61. The smallest absolute Gasteiger partial charge is 0.345 e. The largest absolute Gasteiger partial charge is 0.477 e. The molecular weight excluding hydrogens is 817 g/mol. The molecule has 0 saturated carbocycles. The first kappa shape index (κ1) is 33.3. The molecule has 8 heterocycles. The fraction of sp³-hybridized carbons (Fsp3) is 0. The van der Waals surface area contributed by atoms with Gasteiger partial charge in [-0.25, -0.2) is 19.2 Å². The highest BCUT2D eigenvalue weighted by Gasteiger charge is 2.31. The zero-order valence-electron chi connectivity index (χ0n) is 25.6. The molecule has 8 aromatic rings. The van der Waals surface area contributed by atoms with Crippen LogP contribution in [-0.2, 0) is 0 Å². The summed E-state index contributed by atoms with van der Waals surface area (Å²) in [6, 6.07) is 22.1. The molecule has 8 aromatic heterocycles. The predicted octanol–water partition coefficient (Wildman–Crippen LogP) is 12.6. The highest BCUT2D eigenvalue weighted by molar-refractivity contribution is 7.31. The Morgan fingerprint density at radius 1 is 0.308 bits per heavy atom. The molecule has 0 radical (unpaired) electrons. The van der Waals surface area contributed by atoms with Crippen LogP contribution < -0.4 is 0 Å². The molecule has 0 aliphatic heterocycles. The molecule has 4 N–H and O–H groups in total. The molecule has 0 unspecified atom stereocenters. The molecule has 0 fully saturated rings. The molecule has 1 aliphatic carbocycles. The van der Waals surface area contributed by atoms with Gasteiger partial charge in [0.05, 0.1) is 19.5 Å². The summed E-state index contributed by atoms with van der Waals surface area (Å²) in [4.78, 5) is 59.0. The van der Waals surface area contributed by atoms with E-state index in [4.69, 9.17) is 0 Å². The lowest BCUT2D eigenvalue weighted by atomic mass is 9.96. The fourth-order valence-corrected chi connectivity index (χ4v) is 14.6. The van der Waals surface area contributed by atoms with E-state index in [1.807, 2.05) is 24.3 Å². The number of thiophene rings is 8. The van der Waals surface area contributed by atoms with Gasteiger partial charge in [-0.3, -0.25) is 0 Å². The van der Waals surface area contributed by atoms with Crippen molar-refractivity contribution in [3.05, 3.63) is 92.3 Å². The molecule has 256 valence electrons. The Hall–Kier alpha value is -4.52. The van der Waals surface area contributed by atoms with Gasteiger partial charge in [0, 0.05) is 61.3 Å². The Morgan fingerprint density at radius 2 is 0.519 bits per heavy atom. The van der Waals surface area contributed by atoms with Crippen LogP contribution in [0.15, 0.2) is 72.8 Å². The van der Waals surface area contributed by atoms with Crippen LogP contribution in [0.2, 0.25) is 0 Å². The van der Waals surface area contributed by atoms with E-state index in [1.54, 1.807) is 69.6 Å². The average molecular weight is 833 g/mol. The predicted molar refractivity (Wildman–Crippen MR) is 214 cm³/mol. The van der Waals surface area contributed by atoms with Crippen molar-refractivity contribution in [2.24, 2.45) is 0 Å². The molecule has 0 spiro atoms. The minimum absolute atomic E-state index is 0.238. The van der Waals surface area contributed by atoms with E-state index in [9.17, 15) is 39.6 Å². The number of fused-ring (bicyclic) bond motifs is 8. The summed E-state index contributed by atoms with van der Waals surface area (Å²) in [6.07, 6.45) is 0. The maximum absolute atomic E-state index is 11.8. The first-order valence-electron chi connectivity index (χ1n) is 14.9. The molecule has 8 nitrogen and oxygen atoms in total. The normalized spacial score (nSPS) is 11.7. The summed E-state index contributed by atoms with van der Waals surface area (Å²) in [5.74, 6) is -3.96. The van der Waals surface area contributed by atoms with E-state index in [0.717, 1.165) is 80.8 Å². The zero-order valence-corrected chi connectivity index (χ0v) is 32.1. The summed E-state index contributed by atoms with van der Waals surface area (Å²) in [6.45, 7) is 0. The van der Waals surface area contributed by atoms with Crippen LogP contribution in [0.5, 0.6) is 0 Å². The van der Waals surface area contributed by atoms with Crippen LogP contribution in [0.4, 0.5) is 0 Å². The van der Waals surface area contributed by atoms with Crippen molar-refractivity contribution in [1.29, 1.82) is 0 Å². The molecule has 0 aromatic carbocycles. The van der Waals surface area contributed by atoms with E-state index in [0.29, 0.717) is 0 Å². The number of hydrogen-bond donors (Lipinski definition) is 4. The second-order valence-corrected chi connectivity index (χ2v) is 19.8. The summed E-state index contributed by atoms with van der Waals surface area (Å²) >= 11 is 11.1. The quantitative estimate of drug-likeness (QED) is 0.118. The monoisotopic (exact) mass is 832 g/mol. The van der Waals surface area contributed by atoms with Gasteiger partial charge in [-0.2, -0.15) is 0 Å². The van der Waals surface area contributed by atoms with Crippen molar-refractivity contribution in [1.82, 2.24) is 0 Å². The number of rotatable bonds is 8. The SMILES string of the molecule is O=C(O)c1ccc(-c2cc3c(s2)-c2sc(-c4ccc(C(=O)O)s4)cc2-c2cc(-c4ccc(C(=O)O)s4)sc2-c2sc(-c4ccc(C(=O)O)s4)cc2-3)s1. The van der Waals surface area contributed by atoms with Crippen LogP contribution in [-0.4, -0.2) is 44.3 Å². The second-order valence-electron chi connectivity index (χ2n) is 11.3. The second kappa shape index (κ2) is 12.6. The van der Waals surface area contributed by atoms with Crippen LogP contribution in [0, 0.1) is 0 Å². The Labute approximate surface area is 324 Å². The van der Waals surface area contributed by atoms with Gasteiger partial charge in [-0.05, 0) is 72.8 Å². The minimum atomic E-state index is -0.990. The van der Waals surface area contributed by atoms with Crippen molar-refractivity contribution >= 4 is 115 Å². The number of aromatic carboxylic acids is 4. The third-order valence-corrected chi connectivity index (χ3v) is 18.1. The van der Waals surface area contributed by atoms with E-state index in [1.165, 1.54) is 45.3 Å². The van der Waals surface area contributed by atoms with Gasteiger partial charge in [0.15, 0.2) is 0 Å². The number of carboxylic acids is 4. The van der Waals surface area contributed by atoms with E-state index in [2.05, 4.69) is 24.3 Å². The maximum Gasteiger partial charge on any atom is 0.345 e. The third kappa shape index (κ3) is 5.54. The third-order valence-electron chi connectivity index (χ3n) is 8.16. The van der Waals surface area contributed by atoms with Crippen LogP contribution in [0.3, 0.4) is 0 Å². The van der Waals surface area contributed by atoms with Crippen molar-refractivity contribution in [3.63, 3.8) is 0 Å². The molecule has 0 atom stereocenters. The van der Waals surface area contributed by atoms with Gasteiger partial charge in [0.2, 0.25) is 0 Å². The van der Waals surface area contributed by atoms with Crippen LogP contribution in [0.25, 0.3) is 80.8 Å². The number of hydrogen-bond acceptors (Lipinski definition) is 12. The summed E-state index contributed by atoms with van der Waals surface area (Å²) in [7, 11) is 0. The number of carbonyl (C=O) groups is 4. The fourth-order valence-electron chi connectivity index (χ4n) is 5.87. The van der Waals surface area contributed by atoms with Gasteiger partial charge in [-0.15, -0.1) is 90.7 Å². The molecule has 52 heavy (non-hydrogen) atoms. The molecule has 1 aliphatic rings. The number of carboxylic acid groups (broad SMARTS) is 4. The van der Waals surface area contributed by atoms with Crippen molar-refractivity contribution in [3.8, 4) is 80.8 Å². The Kier molecular flexibility index (Phi) is 8.05. The van der Waals surface area contributed by atoms with Crippen molar-refractivity contribution in [2.45, 2.75) is 0 Å². The first-order valence-corrected chi connectivity index (χ1v) is 21.5. The van der Waals surface area contributed by atoms with Gasteiger partial charge in [-0.1, -0.05) is 0 Å². The summed E-state index contributed by atoms with van der Waals surface area (Å²) < 4.78 is 0. The van der Waals surface area contributed by atoms with Gasteiger partial charge in [0.25, 0.3) is 0 Å². The lowest BCUT2D eigenvalue weighted by molar-refractivity contribution is 0.0691. The summed E-state index contributed by atoms with van der Waals surface area (Å²) in [5, 5.41) is 38.7. The van der Waals surface area contributed by atoms with Gasteiger partial charge < -0.3 is 20.4 Å². The van der Waals surface area contributed by atoms with E-state index < -0.39 is 23.9 Å². The van der Waals surface area contributed by atoms with Crippen molar-refractivity contribution < 1.29 is 39.6 Å². The van der Waals surface area contributed by atoms with E-state index >= 15 is 0 Å². The Morgan fingerprint density at radius 3 is 0.692 bits per heavy atom. The Balaban J connectivity index is 1.32. The topological polar surface area (TPSA) is 149 Å². The van der Waals surface area contributed by atoms with Crippen LogP contribution >= 0.6 is 90.7 Å². The minimum Gasteiger partial charge on any atom is -0.477 e.